The van der Waals surface area contributed by atoms with Gasteiger partial charge in [-0.05, 0) is 55.1 Å². The molecule has 0 saturated carbocycles. The van der Waals surface area contributed by atoms with Crippen LogP contribution in [0.15, 0.2) is 52.5 Å². The van der Waals surface area contributed by atoms with Gasteiger partial charge in [0, 0.05) is 20.1 Å². The predicted octanol–water partition coefficient (Wildman–Crippen LogP) is 3.59. The summed E-state index contributed by atoms with van der Waals surface area (Å²) in [5.41, 5.74) is 2.02. The lowest BCUT2D eigenvalue weighted by Crippen LogP contribution is -2.35. The van der Waals surface area contributed by atoms with Crippen molar-refractivity contribution >= 4 is 44.7 Å². The number of ether oxygens (including phenoxy) is 1. The zero-order valence-electron chi connectivity index (χ0n) is 17.9. The molecule has 9 nitrogen and oxygen atoms in total. The molecule has 4 rings (SSSR count). The van der Waals surface area contributed by atoms with Crippen molar-refractivity contribution in [2.45, 2.75) is 29.1 Å². The minimum absolute atomic E-state index is 0.126. The molecule has 1 fully saturated rings. The van der Waals surface area contributed by atoms with Crippen LogP contribution in [0.3, 0.4) is 0 Å². The summed E-state index contributed by atoms with van der Waals surface area (Å²) in [5, 5.41) is 2.70. The van der Waals surface area contributed by atoms with Crippen molar-refractivity contribution in [3.05, 3.63) is 42.7 Å². The molecule has 0 radical (unpaired) electrons. The number of carbonyl (C=O) groups excluding carboxylic acids is 1. The fourth-order valence-corrected chi connectivity index (χ4v) is 5.86. The maximum absolute atomic E-state index is 13.0. The van der Waals surface area contributed by atoms with Crippen LogP contribution in [-0.2, 0) is 17.1 Å². The van der Waals surface area contributed by atoms with E-state index >= 15 is 0 Å². The molecule has 0 spiro atoms. The highest BCUT2D eigenvalue weighted by atomic mass is 32.2. The Morgan fingerprint density at radius 1 is 1.16 bits per heavy atom. The number of nitrogens with one attached hydrogen (secondary N) is 2. The molecule has 0 atom stereocenters. The van der Waals surface area contributed by atoms with Crippen molar-refractivity contribution in [3.8, 4) is 5.75 Å². The van der Waals surface area contributed by atoms with Crippen LogP contribution in [0.4, 0.5) is 10.5 Å². The number of fused-ring (bicyclic) bond motifs is 1. The molecule has 32 heavy (non-hydrogen) atoms. The second-order valence-corrected chi connectivity index (χ2v) is 10.3. The zero-order chi connectivity index (χ0) is 22.7. The minimum atomic E-state index is -3.63. The summed E-state index contributed by atoms with van der Waals surface area (Å²) >= 11 is 1.13. The van der Waals surface area contributed by atoms with E-state index in [1.54, 1.807) is 12.4 Å². The maximum Gasteiger partial charge on any atom is 0.329 e. The highest BCUT2D eigenvalue weighted by Gasteiger charge is 2.27. The van der Waals surface area contributed by atoms with E-state index in [1.165, 1.54) is 23.5 Å². The van der Waals surface area contributed by atoms with Crippen LogP contribution in [0.1, 0.15) is 19.3 Å². The van der Waals surface area contributed by atoms with Gasteiger partial charge in [0.1, 0.15) is 11.3 Å². The topological polar surface area (TPSA) is 106 Å². The Hall–Kier alpha value is -2.76. The number of methoxy groups -OCH3 is 1. The number of hydrogen-bond donors (Lipinski definition) is 2. The lowest BCUT2D eigenvalue weighted by atomic mass is 10.2. The van der Waals surface area contributed by atoms with Crippen LogP contribution in [0.2, 0.25) is 0 Å². The summed E-state index contributed by atoms with van der Waals surface area (Å²) < 4.78 is 37.4. The van der Waals surface area contributed by atoms with E-state index < -0.39 is 16.1 Å². The number of para-hydroxylation sites is 1. The SMILES string of the molecule is COc1ccc(S(=O)(=O)N2CCCCC2)cc1NC(=O)NSc1cccc2c1ncn2C. The quantitative estimate of drug-likeness (QED) is 0.528. The molecule has 1 saturated heterocycles. The molecule has 1 aliphatic heterocycles. The van der Waals surface area contributed by atoms with Crippen molar-refractivity contribution in [2.75, 3.05) is 25.5 Å². The number of hydrogen-bond acceptors (Lipinski definition) is 6. The summed E-state index contributed by atoms with van der Waals surface area (Å²) in [6.07, 6.45) is 4.45. The molecular formula is C21H25N5O4S2. The van der Waals surface area contributed by atoms with Gasteiger partial charge in [0.15, 0.2) is 0 Å². The maximum atomic E-state index is 13.0. The number of aromatic nitrogens is 2. The van der Waals surface area contributed by atoms with Gasteiger partial charge in [-0.25, -0.2) is 18.2 Å². The molecule has 1 aliphatic rings. The Bertz CT molecular complexity index is 1240. The normalized spacial score (nSPS) is 14.9. The number of imidazole rings is 1. The predicted molar refractivity (Wildman–Crippen MR) is 124 cm³/mol. The van der Waals surface area contributed by atoms with Gasteiger partial charge in [0.25, 0.3) is 0 Å². The van der Waals surface area contributed by atoms with Crippen LogP contribution >= 0.6 is 11.9 Å². The smallest absolute Gasteiger partial charge is 0.329 e. The summed E-state index contributed by atoms with van der Waals surface area (Å²) in [4.78, 5) is 17.9. The Labute approximate surface area is 191 Å². The first-order valence-corrected chi connectivity index (χ1v) is 12.5. The largest absolute Gasteiger partial charge is 0.495 e. The highest BCUT2D eigenvalue weighted by molar-refractivity contribution is 7.98. The van der Waals surface area contributed by atoms with Crippen molar-refractivity contribution in [1.82, 2.24) is 18.6 Å². The van der Waals surface area contributed by atoms with E-state index in [2.05, 4.69) is 15.0 Å². The van der Waals surface area contributed by atoms with E-state index in [1.807, 2.05) is 29.8 Å². The van der Waals surface area contributed by atoms with Gasteiger partial charge in [0.05, 0.1) is 34.4 Å². The Morgan fingerprint density at radius 3 is 2.69 bits per heavy atom. The number of sulfonamides is 1. The van der Waals surface area contributed by atoms with Gasteiger partial charge < -0.3 is 14.6 Å². The van der Waals surface area contributed by atoms with Gasteiger partial charge in [-0.2, -0.15) is 4.31 Å². The van der Waals surface area contributed by atoms with Crippen LogP contribution in [0.5, 0.6) is 5.75 Å². The average molecular weight is 476 g/mol. The monoisotopic (exact) mass is 475 g/mol. The number of carbonyl (C=O) groups is 1. The van der Waals surface area contributed by atoms with E-state index in [0.717, 1.165) is 47.1 Å². The molecule has 3 aromatic rings. The van der Waals surface area contributed by atoms with E-state index in [0.29, 0.717) is 18.8 Å². The Kier molecular flexibility index (Phi) is 6.58. The Morgan fingerprint density at radius 2 is 1.94 bits per heavy atom. The number of benzene rings is 2. The van der Waals surface area contributed by atoms with Crippen LogP contribution in [0.25, 0.3) is 11.0 Å². The molecule has 2 N–H and O–H groups in total. The molecule has 2 amide bonds. The molecule has 170 valence electrons. The molecule has 2 aromatic carbocycles. The summed E-state index contributed by atoms with van der Waals surface area (Å²) in [7, 11) is -0.262. The fourth-order valence-electron chi connectivity index (χ4n) is 3.66. The van der Waals surface area contributed by atoms with Gasteiger partial charge in [-0.15, -0.1) is 0 Å². The van der Waals surface area contributed by atoms with Crippen LogP contribution < -0.4 is 14.8 Å². The van der Waals surface area contributed by atoms with Crippen molar-refractivity contribution in [2.24, 2.45) is 7.05 Å². The summed E-state index contributed by atoms with van der Waals surface area (Å²) in [6, 6.07) is 9.69. The third-order valence-corrected chi connectivity index (χ3v) is 8.07. The summed E-state index contributed by atoms with van der Waals surface area (Å²) in [6.45, 7) is 1.01. The fraction of sp³-hybridized carbons (Fsp3) is 0.333. The van der Waals surface area contributed by atoms with Crippen molar-refractivity contribution < 1.29 is 17.9 Å². The van der Waals surface area contributed by atoms with E-state index in [-0.39, 0.29) is 10.6 Å². The number of rotatable bonds is 6. The standard InChI is InChI=1S/C21H25N5O4S2/c1-25-14-22-20-17(25)7-6-8-19(20)31-24-21(27)23-16-13-15(9-10-18(16)30-2)32(28,29)26-11-4-3-5-12-26/h6-10,13-14H,3-5,11-12H2,1-2H3,(H2,23,24,27). The van der Waals surface area contributed by atoms with E-state index in [9.17, 15) is 13.2 Å². The van der Waals surface area contributed by atoms with E-state index in [4.69, 9.17) is 4.74 Å². The number of amides is 2. The summed E-state index contributed by atoms with van der Waals surface area (Å²) in [5.74, 6) is 0.370. The second-order valence-electron chi connectivity index (χ2n) is 7.46. The first-order valence-electron chi connectivity index (χ1n) is 10.2. The second kappa shape index (κ2) is 9.39. The number of piperidine rings is 1. The van der Waals surface area contributed by atoms with Gasteiger partial charge in [-0.1, -0.05) is 12.5 Å². The average Bonchev–Trinajstić information content (AvgIpc) is 3.19. The number of urea groups is 1. The molecule has 1 aromatic heterocycles. The molecule has 2 heterocycles. The molecular weight excluding hydrogens is 450 g/mol. The number of aryl methyl sites for hydroxylation is 1. The van der Waals surface area contributed by atoms with Gasteiger partial charge in [0.2, 0.25) is 10.0 Å². The Balaban J connectivity index is 1.50. The first-order chi connectivity index (χ1) is 15.4. The third kappa shape index (κ3) is 4.54. The van der Waals surface area contributed by atoms with Crippen molar-refractivity contribution in [3.63, 3.8) is 0 Å². The highest BCUT2D eigenvalue weighted by Crippen LogP contribution is 2.30. The zero-order valence-corrected chi connectivity index (χ0v) is 19.5. The molecule has 0 aliphatic carbocycles. The van der Waals surface area contributed by atoms with Gasteiger partial charge >= 0.3 is 6.03 Å². The molecule has 0 bridgehead atoms. The minimum Gasteiger partial charge on any atom is -0.495 e. The number of nitrogens with zero attached hydrogens (tertiary/aromatic N) is 3. The third-order valence-electron chi connectivity index (χ3n) is 5.34. The lowest BCUT2D eigenvalue weighted by molar-refractivity contribution is 0.257. The number of anilines is 1. The lowest BCUT2D eigenvalue weighted by Gasteiger charge is -2.26. The van der Waals surface area contributed by atoms with Gasteiger partial charge in [-0.3, -0.25) is 4.72 Å². The van der Waals surface area contributed by atoms with Crippen molar-refractivity contribution in [1.29, 1.82) is 0 Å². The van der Waals surface area contributed by atoms with Crippen LogP contribution in [-0.4, -0.2) is 48.5 Å². The molecule has 11 heteroatoms. The molecule has 0 unspecified atom stereocenters. The first kappa shape index (κ1) is 22.4. The van der Waals surface area contributed by atoms with Crippen LogP contribution in [0, 0.1) is 0 Å².